The Kier molecular flexibility index (Phi) is 5.60. The molecule has 0 spiro atoms. The zero-order chi connectivity index (χ0) is 15.2. The summed E-state index contributed by atoms with van der Waals surface area (Å²) < 4.78 is 5.70. The maximum absolute atomic E-state index is 9.69. The van der Waals surface area contributed by atoms with Crippen LogP contribution in [-0.4, -0.2) is 49.1 Å². The molecular weight excluding hydrogens is 262 g/mol. The highest BCUT2D eigenvalue weighted by molar-refractivity contribution is 5.38. The first-order chi connectivity index (χ1) is 10.2. The van der Waals surface area contributed by atoms with Gasteiger partial charge >= 0.3 is 0 Å². The number of nitrogens with zero attached hydrogens (tertiary/aromatic N) is 3. The van der Waals surface area contributed by atoms with Crippen LogP contribution in [-0.2, 0) is 0 Å². The molecule has 0 saturated carbocycles. The molecule has 1 heterocycles. The standard InChI is InChI=1S/C17H25N3O/c1-4-14-13-20(11-10-19(14)3)16(12-18)15-8-6-7-9-17(15)21-5-2/h6-9,14,16H,4-5,10-11,13H2,1-3H3. The summed E-state index contributed by atoms with van der Waals surface area (Å²) in [6, 6.07) is 10.7. The Labute approximate surface area is 127 Å². The van der Waals surface area contributed by atoms with Crippen molar-refractivity contribution in [2.45, 2.75) is 32.4 Å². The number of rotatable bonds is 5. The van der Waals surface area contributed by atoms with Crippen LogP contribution in [0.15, 0.2) is 24.3 Å². The molecule has 1 aromatic rings. The van der Waals surface area contributed by atoms with E-state index in [0.29, 0.717) is 12.6 Å². The van der Waals surface area contributed by atoms with Gasteiger partial charge in [0.1, 0.15) is 11.8 Å². The van der Waals surface area contributed by atoms with E-state index in [0.717, 1.165) is 37.4 Å². The van der Waals surface area contributed by atoms with Crippen molar-refractivity contribution in [3.63, 3.8) is 0 Å². The van der Waals surface area contributed by atoms with Crippen LogP contribution in [0.4, 0.5) is 0 Å². The van der Waals surface area contributed by atoms with Crippen LogP contribution in [0.1, 0.15) is 31.9 Å². The summed E-state index contributed by atoms with van der Waals surface area (Å²) >= 11 is 0. The lowest BCUT2D eigenvalue weighted by atomic mass is 10.0. The molecule has 2 unspecified atom stereocenters. The molecule has 0 radical (unpaired) electrons. The molecule has 21 heavy (non-hydrogen) atoms. The van der Waals surface area contributed by atoms with Crippen molar-refractivity contribution in [1.29, 1.82) is 5.26 Å². The van der Waals surface area contributed by atoms with E-state index in [1.807, 2.05) is 31.2 Å². The Morgan fingerprint density at radius 2 is 2.10 bits per heavy atom. The van der Waals surface area contributed by atoms with Gasteiger partial charge in [-0.05, 0) is 26.5 Å². The predicted molar refractivity (Wildman–Crippen MR) is 84.2 cm³/mol. The minimum absolute atomic E-state index is 0.226. The van der Waals surface area contributed by atoms with Gasteiger partial charge in [0.2, 0.25) is 0 Å². The summed E-state index contributed by atoms with van der Waals surface area (Å²) in [6.07, 6.45) is 1.11. The van der Waals surface area contributed by atoms with E-state index in [1.165, 1.54) is 0 Å². The van der Waals surface area contributed by atoms with E-state index in [2.05, 4.69) is 29.8 Å². The Bertz CT molecular complexity index is 497. The molecule has 0 N–H and O–H groups in total. The molecule has 2 atom stereocenters. The van der Waals surface area contributed by atoms with Crippen molar-refractivity contribution < 1.29 is 4.74 Å². The normalized spacial score (nSPS) is 21.7. The summed E-state index contributed by atoms with van der Waals surface area (Å²) in [5, 5.41) is 9.69. The fourth-order valence-corrected chi connectivity index (χ4v) is 2.99. The Hall–Kier alpha value is -1.57. The lowest BCUT2D eigenvalue weighted by Gasteiger charge is -2.41. The van der Waals surface area contributed by atoms with Crippen LogP contribution in [0.3, 0.4) is 0 Å². The van der Waals surface area contributed by atoms with Gasteiger partial charge in [0, 0.05) is 31.2 Å². The molecule has 0 aromatic heterocycles. The SMILES string of the molecule is CCOc1ccccc1C(C#N)N1CCN(C)C(CC)C1. The zero-order valence-electron chi connectivity index (χ0n) is 13.2. The van der Waals surface area contributed by atoms with Crippen molar-refractivity contribution in [2.75, 3.05) is 33.3 Å². The second-order valence-corrected chi connectivity index (χ2v) is 5.54. The molecule has 2 rings (SSSR count). The third-order valence-electron chi connectivity index (χ3n) is 4.28. The van der Waals surface area contributed by atoms with Crippen molar-refractivity contribution >= 4 is 0 Å². The first kappa shape index (κ1) is 15.8. The largest absolute Gasteiger partial charge is 0.493 e. The highest BCUT2D eigenvalue weighted by Gasteiger charge is 2.30. The molecule has 0 amide bonds. The fourth-order valence-electron chi connectivity index (χ4n) is 2.99. The predicted octanol–water partition coefficient (Wildman–Crippen LogP) is 2.68. The number of hydrogen-bond acceptors (Lipinski definition) is 4. The van der Waals surface area contributed by atoms with Crippen LogP contribution in [0.25, 0.3) is 0 Å². The van der Waals surface area contributed by atoms with Gasteiger partial charge < -0.3 is 9.64 Å². The minimum atomic E-state index is -0.226. The van der Waals surface area contributed by atoms with Gasteiger partial charge in [0.25, 0.3) is 0 Å². The first-order valence-corrected chi connectivity index (χ1v) is 7.76. The van der Waals surface area contributed by atoms with Crippen LogP contribution in [0, 0.1) is 11.3 Å². The number of likely N-dealkylation sites (N-methyl/N-ethyl adjacent to an activating group) is 1. The van der Waals surface area contributed by atoms with E-state index in [-0.39, 0.29) is 6.04 Å². The van der Waals surface area contributed by atoms with Crippen molar-refractivity contribution in [3.8, 4) is 11.8 Å². The molecule has 1 saturated heterocycles. The second kappa shape index (κ2) is 7.44. The lowest BCUT2D eigenvalue weighted by Crippen LogP contribution is -2.51. The molecule has 4 heteroatoms. The third-order valence-corrected chi connectivity index (χ3v) is 4.28. The molecule has 1 aromatic carbocycles. The Balaban J connectivity index is 2.22. The molecule has 0 aliphatic carbocycles. The van der Waals surface area contributed by atoms with Gasteiger partial charge in [-0.2, -0.15) is 5.26 Å². The van der Waals surface area contributed by atoms with Gasteiger partial charge in [-0.1, -0.05) is 25.1 Å². The minimum Gasteiger partial charge on any atom is -0.493 e. The maximum Gasteiger partial charge on any atom is 0.127 e. The molecular formula is C17H25N3O. The molecule has 1 aliphatic rings. The maximum atomic E-state index is 9.69. The molecule has 1 fully saturated rings. The molecule has 114 valence electrons. The number of ether oxygens (including phenoxy) is 1. The number of hydrogen-bond donors (Lipinski definition) is 0. The lowest BCUT2D eigenvalue weighted by molar-refractivity contribution is 0.0765. The fraction of sp³-hybridized carbons (Fsp3) is 0.588. The van der Waals surface area contributed by atoms with Gasteiger partial charge in [-0.15, -0.1) is 0 Å². The van der Waals surface area contributed by atoms with Gasteiger partial charge in [-0.3, -0.25) is 4.90 Å². The van der Waals surface area contributed by atoms with E-state index in [4.69, 9.17) is 4.74 Å². The van der Waals surface area contributed by atoms with Crippen LogP contribution in [0.5, 0.6) is 5.75 Å². The van der Waals surface area contributed by atoms with E-state index >= 15 is 0 Å². The number of nitriles is 1. The van der Waals surface area contributed by atoms with Gasteiger partial charge in [-0.25, -0.2) is 0 Å². The third kappa shape index (κ3) is 3.55. The molecule has 1 aliphatic heterocycles. The van der Waals surface area contributed by atoms with E-state index in [9.17, 15) is 5.26 Å². The number of benzene rings is 1. The van der Waals surface area contributed by atoms with E-state index < -0.39 is 0 Å². The summed E-state index contributed by atoms with van der Waals surface area (Å²) in [7, 11) is 2.17. The average molecular weight is 287 g/mol. The average Bonchev–Trinajstić information content (AvgIpc) is 2.51. The highest BCUT2D eigenvalue weighted by Crippen LogP contribution is 2.30. The van der Waals surface area contributed by atoms with Gasteiger partial charge in [0.05, 0.1) is 12.7 Å². The quantitative estimate of drug-likeness (QED) is 0.834. The monoisotopic (exact) mass is 287 g/mol. The van der Waals surface area contributed by atoms with Crippen molar-refractivity contribution in [2.24, 2.45) is 0 Å². The summed E-state index contributed by atoms with van der Waals surface area (Å²) in [4.78, 5) is 4.67. The van der Waals surface area contributed by atoms with Crippen molar-refractivity contribution in [3.05, 3.63) is 29.8 Å². The Morgan fingerprint density at radius 3 is 2.76 bits per heavy atom. The smallest absolute Gasteiger partial charge is 0.127 e. The summed E-state index contributed by atoms with van der Waals surface area (Å²) in [5.41, 5.74) is 0.987. The molecule has 4 nitrogen and oxygen atoms in total. The first-order valence-electron chi connectivity index (χ1n) is 7.76. The van der Waals surface area contributed by atoms with Crippen LogP contribution < -0.4 is 4.74 Å². The summed E-state index contributed by atoms with van der Waals surface area (Å²) in [5.74, 6) is 0.832. The van der Waals surface area contributed by atoms with Crippen LogP contribution >= 0.6 is 0 Å². The second-order valence-electron chi connectivity index (χ2n) is 5.54. The zero-order valence-corrected chi connectivity index (χ0v) is 13.2. The van der Waals surface area contributed by atoms with Gasteiger partial charge in [0.15, 0.2) is 0 Å². The topological polar surface area (TPSA) is 39.5 Å². The van der Waals surface area contributed by atoms with Crippen LogP contribution in [0.2, 0.25) is 0 Å². The van der Waals surface area contributed by atoms with E-state index in [1.54, 1.807) is 0 Å². The highest BCUT2D eigenvalue weighted by atomic mass is 16.5. The molecule has 0 bridgehead atoms. The Morgan fingerprint density at radius 1 is 1.33 bits per heavy atom. The van der Waals surface area contributed by atoms with Crippen molar-refractivity contribution in [1.82, 2.24) is 9.80 Å². The number of para-hydroxylation sites is 1. The summed E-state index contributed by atoms with van der Waals surface area (Å²) in [6.45, 7) is 7.67. The number of piperazine rings is 1.